The van der Waals surface area contributed by atoms with Gasteiger partial charge in [0, 0.05) is 16.7 Å². The van der Waals surface area contributed by atoms with E-state index in [1.807, 2.05) is 73.7 Å². The number of nitrogens with one attached hydrogen (secondary N) is 1. The van der Waals surface area contributed by atoms with E-state index in [1.165, 1.54) is 0 Å². The van der Waals surface area contributed by atoms with Crippen molar-refractivity contribution in [3.05, 3.63) is 95.3 Å². The number of Topliss-reactive ketones (excluding diaryl/α,β-unsaturated/α-hetero) is 1. The summed E-state index contributed by atoms with van der Waals surface area (Å²) in [5.74, 6) is 1.40. The number of para-hydroxylation sites is 2. The van der Waals surface area contributed by atoms with E-state index in [0.29, 0.717) is 24.3 Å². The highest BCUT2D eigenvalue weighted by Crippen LogP contribution is 2.29. The fourth-order valence-electron chi connectivity index (χ4n) is 4.30. The lowest BCUT2D eigenvalue weighted by atomic mass is 10.1. The van der Waals surface area contributed by atoms with Crippen molar-refractivity contribution in [1.82, 2.24) is 14.9 Å². The minimum atomic E-state index is -0.272. The molecule has 1 N–H and O–H groups in total. The van der Waals surface area contributed by atoms with Crippen LogP contribution in [0.3, 0.4) is 0 Å². The summed E-state index contributed by atoms with van der Waals surface area (Å²) in [5.41, 5.74) is 3.97. The summed E-state index contributed by atoms with van der Waals surface area (Å²) in [5, 5.41) is 3.20. The minimum Gasteiger partial charge on any atom is -0.494 e. The highest BCUT2D eigenvalue weighted by Gasteiger charge is 2.23. The fourth-order valence-corrected chi connectivity index (χ4v) is 4.30. The van der Waals surface area contributed by atoms with Crippen molar-refractivity contribution in [1.29, 1.82) is 0 Å². The largest absolute Gasteiger partial charge is 0.494 e. The van der Waals surface area contributed by atoms with Gasteiger partial charge in [-0.1, -0.05) is 43.7 Å². The van der Waals surface area contributed by atoms with E-state index in [0.717, 1.165) is 41.0 Å². The Bertz CT molecular complexity index is 1330. The molecular formula is C29H31N3O3. The Morgan fingerprint density at radius 2 is 1.71 bits per heavy atom. The second-order valence-electron chi connectivity index (χ2n) is 8.54. The van der Waals surface area contributed by atoms with E-state index in [9.17, 15) is 9.59 Å². The SMILES string of the molecule is CCCC(NC(=O)c1ccccc1)c1nc2ccccc2n1Cc1cc(C(C)=O)ccc1OCC. The van der Waals surface area contributed by atoms with Gasteiger partial charge in [-0.3, -0.25) is 9.59 Å². The Kier molecular flexibility index (Phi) is 7.60. The molecule has 3 aromatic carbocycles. The second kappa shape index (κ2) is 11.0. The topological polar surface area (TPSA) is 73.2 Å². The van der Waals surface area contributed by atoms with Crippen molar-refractivity contribution < 1.29 is 14.3 Å². The molecule has 1 heterocycles. The normalized spacial score (nSPS) is 11.9. The quantitative estimate of drug-likeness (QED) is 0.291. The van der Waals surface area contributed by atoms with Crippen LogP contribution >= 0.6 is 0 Å². The average molecular weight is 470 g/mol. The number of carbonyl (C=O) groups excluding carboxylic acids is 2. The molecule has 180 valence electrons. The van der Waals surface area contributed by atoms with E-state index in [2.05, 4.69) is 16.8 Å². The molecule has 6 heteroatoms. The van der Waals surface area contributed by atoms with Gasteiger partial charge in [0.2, 0.25) is 0 Å². The lowest BCUT2D eigenvalue weighted by Crippen LogP contribution is -2.30. The van der Waals surface area contributed by atoms with Crippen molar-refractivity contribution in [2.45, 2.75) is 46.2 Å². The highest BCUT2D eigenvalue weighted by molar-refractivity contribution is 5.95. The first kappa shape index (κ1) is 24.2. The number of rotatable bonds is 10. The van der Waals surface area contributed by atoms with Crippen LogP contribution < -0.4 is 10.1 Å². The van der Waals surface area contributed by atoms with Crippen molar-refractivity contribution in [2.24, 2.45) is 0 Å². The minimum absolute atomic E-state index is 0.00370. The summed E-state index contributed by atoms with van der Waals surface area (Å²) in [6.07, 6.45) is 1.63. The van der Waals surface area contributed by atoms with Gasteiger partial charge in [-0.25, -0.2) is 4.98 Å². The van der Waals surface area contributed by atoms with Gasteiger partial charge in [-0.2, -0.15) is 0 Å². The average Bonchev–Trinajstić information content (AvgIpc) is 3.23. The molecule has 0 bridgehead atoms. The van der Waals surface area contributed by atoms with E-state index >= 15 is 0 Å². The number of imidazole rings is 1. The molecule has 0 fully saturated rings. The molecule has 0 aliphatic heterocycles. The summed E-state index contributed by atoms with van der Waals surface area (Å²) in [4.78, 5) is 30.1. The summed E-state index contributed by atoms with van der Waals surface area (Å²) in [7, 11) is 0. The molecule has 4 rings (SSSR count). The standard InChI is InChI=1S/C29H31N3O3/c1-4-11-25(31-29(34)21-12-7-6-8-13-21)28-30-24-14-9-10-15-26(24)32(28)19-23-18-22(20(3)33)16-17-27(23)35-5-2/h6-10,12-18,25H,4-5,11,19H2,1-3H3,(H,31,34). The molecule has 0 aliphatic carbocycles. The predicted molar refractivity (Wildman–Crippen MR) is 138 cm³/mol. The van der Waals surface area contributed by atoms with Crippen LogP contribution in [0.15, 0.2) is 72.8 Å². The van der Waals surface area contributed by atoms with Gasteiger partial charge in [-0.05, 0) is 62.7 Å². The molecule has 0 aliphatic rings. The maximum absolute atomic E-state index is 13.0. The van der Waals surface area contributed by atoms with Gasteiger partial charge in [0.05, 0.1) is 30.2 Å². The van der Waals surface area contributed by atoms with Crippen LogP contribution in [-0.2, 0) is 6.54 Å². The maximum atomic E-state index is 13.0. The zero-order chi connectivity index (χ0) is 24.8. The molecule has 0 spiro atoms. The number of aromatic nitrogens is 2. The summed E-state index contributed by atoms with van der Waals surface area (Å²) < 4.78 is 8.02. The van der Waals surface area contributed by atoms with Crippen LogP contribution in [-0.4, -0.2) is 27.8 Å². The number of carbonyl (C=O) groups is 2. The van der Waals surface area contributed by atoms with Crippen molar-refractivity contribution in [2.75, 3.05) is 6.61 Å². The van der Waals surface area contributed by atoms with Crippen molar-refractivity contribution in [3.8, 4) is 5.75 Å². The first-order chi connectivity index (χ1) is 17.0. The summed E-state index contributed by atoms with van der Waals surface area (Å²) in [6, 6.07) is 22.5. The number of ketones is 1. The zero-order valence-corrected chi connectivity index (χ0v) is 20.5. The van der Waals surface area contributed by atoms with Gasteiger partial charge >= 0.3 is 0 Å². The third kappa shape index (κ3) is 5.43. The van der Waals surface area contributed by atoms with Gasteiger partial charge in [-0.15, -0.1) is 0 Å². The van der Waals surface area contributed by atoms with E-state index in [-0.39, 0.29) is 17.7 Å². The van der Waals surface area contributed by atoms with Crippen molar-refractivity contribution >= 4 is 22.7 Å². The maximum Gasteiger partial charge on any atom is 0.251 e. The molecular weight excluding hydrogens is 438 g/mol. The Morgan fingerprint density at radius 1 is 0.971 bits per heavy atom. The van der Waals surface area contributed by atoms with Crippen molar-refractivity contribution in [3.63, 3.8) is 0 Å². The van der Waals surface area contributed by atoms with E-state index in [4.69, 9.17) is 9.72 Å². The monoisotopic (exact) mass is 469 g/mol. The Morgan fingerprint density at radius 3 is 2.43 bits per heavy atom. The van der Waals surface area contributed by atoms with Crippen LogP contribution in [0.25, 0.3) is 11.0 Å². The van der Waals surface area contributed by atoms with E-state index in [1.54, 1.807) is 13.0 Å². The van der Waals surface area contributed by atoms with Gasteiger partial charge in [0.1, 0.15) is 11.6 Å². The smallest absolute Gasteiger partial charge is 0.251 e. The van der Waals surface area contributed by atoms with Crippen LogP contribution in [0.2, 0.25) is 0 Å². The molecule has 1 aromatic heterocycles. The van der Waals surface area contributed by atoms with Gasteiger partial charge in [0.15, 0.2) is 5.78 Å². The lowest BCUT2D eigenvalue weighted by Gasteiger charge is -2.21. The van der Waals surface area contributed by atoms with Crippen LogP contribution in [0.4, 0.5) is 0 Å². The lowest BCUT2D eigenvalue weighted by molar-refractivity contribution is 0.0931. The van der Waals surface area contributed by atoms with E-state index < -0.39 is 0 Å². The van der Waals surface area contributed by atoms with Crippen LogP contribution in [0.5, 0.6) is 5.75 Å². The highest BCUT2D eigenvalue weighted by atomic mass is 16.5. The van der Waals surface area contributed by atoms with Crippen LogP contribution in [0, 0.1) is 0 Å². The fraction of sp³-hybridized carbons (Fsp3) is 0.276. The molecule has 0 saturated heterocycles. The van der Waals surface area contributed by atoms with Gasteiger partial charge < -0.3 is 14.6 Å². The third-order valence-corrected chi connectivity index (χ3v) is 6.01. The first-order valence-corrected chi connectivity index (χ1v) is 12.1. The molecule has 6 nitrogen and oxygen atoms in total. The zero-order valence-electron chi connectivity index (χ0n) is 20.5. The predicted octanol–water partition coefficient (Wildman–Crippen LogP) is 5.96. The first-order valence-electron chi connectivity index (χ1n) is 12.1. The molecule has 4 aromatic rings. The van der Waals surface area contributed by atoms with Gasteiger partial charge in [0.25, 0.3) is 5.91 Å². The second-order valence-corrected chi connectivity index (χ2v) is 8.54. The molecule has 35 heavy (non-hydrogen) atoms. The summed E-state index contributed by atoms with van der Waals surface area (Å²) in [6.45, 7) is 6.59. The van der Waals surface area contributed by atoms with Crippen LogP contribution in [0.1, 0.15) is 71.8 Å². The number of ether oxygens (including phenoxy) is 1. The number of benzene rings is 3. The molecule has 1 unspecified atom stereocenters. The number of nitrogens with zero attached hydrogens (tertiary/aromatic N) is 2. The molecule has 1 amide bonds. The number of fused-ring (bicyclic) bond motifs is 1. The Hall–Kier alpha value is -3.93. The Balaban J connectivity index is 1.79. The summed E-state index contributed by atoms with van der Waals surface area (Å²) >= 11 is 0. The third-order valence-electron chi connectivity index (χ3n) is 6.01. The number of hydrogen-bond acceptors (Lipinski definition) is 4. The number of amides is 1. The molecule has 0 radical (unpaired) electrons. The molecule has 0 saturated carbocycles. The Labute approximate surface area is 206 Å². The number of hydrogen-bond donors (Lipinski definition) is 1. The molecule has 1 atom stereocenters.